The monoisotopic (exact) mass is 1250 g/mol. The number of carbonyl (C=O) groups excluding carboxylic acids is 4. The van der Waals surface area contributed by atoms with Gasteiger partial charge in [-0.3, -0.25) is 23.7 Å². The van der Waals surface area contributed by atoms with E-state index in [4.69, 9.17) is 70.3 Å². The van der Waals surface area contributed by atoms with E-state index in [0.29, 0.717) is 29.8 Å². The van der Waals surface area contributed by atoms with Crippen LogP contribution < -0.4 is 23.6 Å². The second kappa shape index (κ2) is 26.1. The van der Waals surface area contributed by atoms with Gasteiger partial charge in [0, 0.05) is 34.3 Å². The number of esters is 4. The van der Waals surface area contributed by atoms with Crippen molar-refractivity contribution in [3.05, 3.63) is 60.4 Å². The summed E-state index contributed by atoms with van der Waals surface area (Å²) in [5.74, 6) is -4.09. The van der Waals surface area contributed by atoms with E-state index in [1.807, 2.05) is 4.57 Å². The molecule has 0 spiro atoms. The maximum Gasteiger partial charge on any atom is 0.501 e. The first kappa shape index (κ1) is 67.4. The predicted octanol–water partition coefficient (Wildman–Crippen LogP) is 9.24. The number of benzene rings is 2. The number of aromatic nitrogens is 4. The Balaban J connectivity index is 1.22. The van der Waals surface area contributed by atoms with E-state index < -0.39 is 127 Å². The van der Waals surface area contributed by atoms with E-state index in [2.05, 4.69) is 112 Å². The molecule has 0 aliphatic carbocycles. The molecule has 2 N–H and O–H groups in total. The molecule has 2 aliphatic rings. The third-order valence-corrected chi connectivity index (χ3v) is 30.1. The van der Waals surface area contributed by atoms with Gasteiger partial charge in [-0.25, -0.2) is 4.98 Å². The number of nitrogens with two attached hydrogens (primary N) is 1. The molecule has 28 heteroatoms. The molecule has 4 aromatic rings. The number of imidazole rings is 1. The fraction of sp³-hybridized carbons (Fsp3) is 0.625. The third-order valence-electron chi connectivity index (χ3n) is 15.8. The van der Waals surface area contributed by atoms with E-state index in [1.165, 1.54) is 36.4 Å². The van der Waals surface area contributed by atoms with Gasteiger partial charge >= 0.3 is 34.3 Å². The molecular formula is C56H85N5O19SSi3. The highest BCUT2D eigenvalue weighted by molar-refractivity contribution is 7.82. The van der Waals surface area contributed by atoms with Gasteiger partial charge < -0.3 is 65.3 Å². The standard InChI is InChI=1S/C56H85N5O19SSi3/c1-33(62)68-31-42-44(71-34(2)63)46(72-35(3)64)48(73-36(4)65)52(76-42)75-39-22-20-21-23-40(39)78-81(66,67)77-38-26-24-37(25-27-38)30-69-50-43-49(59-53(57)60-50)61(32-58-43)51-47(80-84(18,19)56(11,12)13)45(79-83(16,17)55(8,9)10)41(74-51)28-29-70-82(14,15)54(5,6)7/h20-27,32,41-42,44-48,51-52H,28-31H2,1-19H3,(H2,57,59,60)/t41-,42-,44+,45?,46+,47+,48-,51-,52?/m1/s1. The lowest BCUT2D eigenvalue weighted by Crippen LogP contribution is -2.63. The molecular weight excluding hydrogens is 1160 g/mol. The van der Waals surface area contributed by atoms with Gasteiger partial charge in [-0.05, 0) is 90.6 Å². The van der Waals surface area contributed by atoms with Crippen LogP contribution in [0.1, 0.15) is 108 Å². The van der Waals surface area contributed by atoms with E-state index in [9.17, 15) is 27.6 Å². The number of rotatable bonds is 23. The van der Waals surface area contributed by atoms with Crippen molar-refractivity contribution in [1.29, 1.82) is 0 Å². The van der Waals surface area contributed by atoms with Crippen molar-refractivity contribution >= 4 is 76.3 Å². The topological polar surface area (TPSA) is 292 Å². The molecule has 6 rings (SSSR count). The number of fused-ring (bicyclic) bond motifs is 1. The van der Waals surface area contributed by atoms with Crippen molar-refractivity contribution in [2.24, 2.45) is 0 Å². The Morgan fingerprint density at radius 3 is 1.75 bits per heavy atom. The maximum atomic E-state index is 13.5. The first-order valence-electron chi connectivity index (χ1n) is 27.8. The van der Waals surface area contributed by atoms with Gasteiger partial charge in [0.25, 0.3) is 0 Å². The lowest BCUT2D eigenvalue weighted by Gasteiger charge is -2.44. The zero-order valence-corrected chi connectivity index (χ0v) is 55.6. The number of nitrogens with zero attached hydrogens (tertiary/aromatic N) is 4. The van der Waals surface area contributed by atoms with Crippen molar-refractivity contribution in [1.82, 2.24) is 19.5 Å². The molecule has 0 saturated carbocycles. The van der Waals surface area contributed by atoms with Crippen LogP contribution in [0.3, 0.4) is 0 Å². The molecule has 2 saturated heterocycles. The van der Waals surface area contributed by atoms with E-state index >= 15 is 0 Å². The lowest BCUT2D eigenvalue weighted by molar-refractivity contribution is -0.288. The fourth-order valence-corrected chi connectivity index (χ4v) is 12.8. The second-order valence-electron chi connectivity index (χ2n) is 25.5. The molecule has 2 aromatic heterocycles. The third kappa shape index (κ3) is 16.8. The maximum absolute atomic E-state index is 13.5. The summed E-state index contributed by atoms with van der Waals surface area (Å²) in [5, 5.41) is -0.265. The molecule has 84 heavy (non-hydrogen) atoms. The van der Waals surface area contributed by atoms with Crippen molar-refractivity contribution in [3.63, 3.8) is 0 Å². The number of para-hydroxylation sites is 2. The van der Waals surface area contributed by atoms with Gasteiger partial charge in [-0.1, -0.05) is 86.6 Å². The molecule has 2 aromatic carbocycles. The Kier molecular flexibility index (Phi) is 20.9. The SMILES string of the molecule is CC(=O)OC[C@H]1OC(Oc2ccccc2OS(=O)(=O)Oc2ccc(COc3nc(N)nc4c3ncn4[C@@H]3O[C@H](CCO[Si](C)(C)C(C)(C)C)C(O[Si](C)(C)C(C)(C)C)[C@@H]3O[Si](C)(C)C(C)(C)C)cc2)[C@H](OC(C)=O)[C@@H](OC(C)=O)[C@H]1OC(C)=O. The summed E-state index contributed by atoms with van der Waals surface area (Å²) in [6, 6.07) is 11.4. The summed E-state index contributed by atoms with van der Waals surface area (Å²) >= 11 is 0. The molecule has 0 bridgehead atoms. The highest BCUT2D eigenvalue weighted by Gasteiger charge is 2.56. The van der Waals surface area contributed by atoms with Gasteiger partial charge in [0.1, 0.15) is 37.3 Å². The second-order valence-corrected chi connectivity index (χ2v) is 41.0. The van der Waals surface area contributed by atoms with Crippen molar-refractivity contribution in [3.8, 4) is 23.1 Å². The number of anilines is 1. The first-order valence-corrected chi connectivity index (χ1v) is 37.8. The summed E-state index contributed by atoms with van der Waals surface area (Å²) in [6.45, 7) is 37.5. The van der Waals surface area contributed by atoms with Gasteiger partial charge in [0.2, 0.25) is 24.2 Å². The van der Waals surface area contributed by atoms with Crippen LogP contribution in [-0.2, 0) is 77.9 Å². The first-order chi connectivity index (χ1) is 38.7. The molecule has 2 fully saturated rings. The minimum absolute atomic E-state index is 0.0116. The number of hydrogen-bond acceptors (Lipinski definition) is 23. The van der Waals surface area contributed by atoms with Gasteiger partial charge in [0.05, 0.1) is 12.4 Å². The highest BCUT2D eigenvalue weighted by atomic mass is 32.3. The quantitative estimate of drug-likeness (QED) is 0.0411. The zero-order chi connectivity index (χ0) is 62.7. The molecule has 2 aliphatic heterocycles. The van der Waals surface area contributed by atoms with Gasteiger partial charge in [-0.15, -0.1) is 8.42 Å². The summed E-state index contributed by atoms with van der Waals surface area (Å²) < 4.78 is 108. The predicted molar refractivity (Wildman–Crippen MR) is 316 cm³/mol. The highest BCUT2D eigenvalue weighted by Crippen LogP contribution is 2.48. The number of nitrogen functional groups attached to an aromatic ring is 1. The van der Waals surface area contributed by atoms with Crippen molar-refractivity contribution in [2.75, 3.05) is 18.9 Å². The van der Waals surface area contributed by atoms with Crippen LogP contribution >= 0.6 is 0 Å². The van der Waals surface area contributed by atoms with Crippen LogP contribution in [0.15, 0.2) is 54.9 Å². The average molecular weight is 1250 g/mol. The average Bonchev–Trinajstić information content (AvgIpc) is 1.85. The Labute approximate surface area is 496 Å². The Morgan fingerprint density at radius 2 is 1.19 bits per heavy atom. The van der Waals surface area contributed by atoms with E-state index in [0.717, 1.165) is 27.7 Å². The molecule has 0 radical (unpaired) electrons. The fourth-order valence-electron chi connectivity index (χ4n) is 8.37. The van der Waals surface area contributed by atoms with Gasteiger partial charge in [-0.2, -0.15) is 9.97 Å². The number of ether oxygens (including phenoxy) is 8. The summed E-state index contributed by atoms with van der Waals surface area (Å²) in [7, 11) is -12.0. The van der Waals surface area contributed by atoms with E-state index in [-0.39, 0.29) is 45.0 Å². The lowest BCUT2D eigenvalue weighted by atomic mass is 9.98. The van der Waals surface area contributed by atoms with Crippen molar-refractivity contribution in [2.45, 2.75) is 213 Å². The Morgan fingerprint density at radius 1 is 0.643 bits per heavy atom. The summed E-state index contributed by atoms with van der Waals surface area (Å²) in [6.07, 6.45) is -7.68. The summed E-state index contributed by atoms with van der Waals surface area (Å²) in [4.78, 5) is 62.7. The largest absolute Gasteiger partial charge is 0.501 e. The van der Waals surface area contributed by atoms with Crippen LogP contribution in [-0.4, -0.2) is 139 Å². The van der Waals surface area contributed by atoms with Crippen LogP contribution in [0.2, 0.25) is 54.4 Å². The molecule has 24 nitrogen and oxygen atoms in total. The van der Waals surface area contributed by atoms with Crippen LogP contribution in [0, 0.1) is 0 Å². The Bertz CT molecular complexity index is 3090. The minimum atomic E-state index is -4.92. The number of carbonyl (C=O) groups is 4. The normalized spacial score (nSPS) is 22.7. The minimum Gasteiger partial charge on any atom is -0.471 e. The van der Waals surface area contributed by atoms with Crippen LogP contribution in [0.25, 0.3) is 11.2 Å². The molecule has 9 atom stereocenters. The smallest absolute Gasteiger partial charge is 0.471 e. The zero-order valence-electron chi connectivity index (χ0n) is 51.8. The van der Waals surface area contributed by atoms with Crippen molar-refractivity contribution < 1.29 is 87.1 Å². The van der Waals surface area contributed by atoms with Gasteiger partial charge in [0.15, 0.2) is 66.1 Å². The van der Waals surface area contributed by atoms with Crippen LogP contribution in [0.5, 0.6) is 23.1 Å². The molecule has 4 heterocycles. The number of hydrogen-bond donors (Lipinski definition) is 1. The molecule has 2 unspecified atom stereocenters. The Hall–Kier alpha value is -5.73. The molecule has 466 valence electrons. The summed E-state index contributed by atoms with van der Waals surface area (Å²) in [5.41, 5.74) is 7.66. The molecule has 0 amide bonds. The van der Waals surface area contributed by atoms with Crippen LogP contribution in [0.4, 0.5) is 5.95 Å². The van der Waals surface area contributed by atoms with E-state index in [1.54, 1.807) is 18.5 Å².